The van der Waals surface area contributed by atoms with Crippen molar-refractivity contribution in [3.63, 3.8) is 0 Å². The molecule has 94 valence electrons. The van der Waals surface area contributed by atoms with Gasteiger partial charge in [0.1, 0.15) is 11.0 Å². The van der Waals surface area contributed by atoms with Gasteiger partial charge in [-0.25, -0.2) is 4.98 Å². The normalized spacial score (nSPS) is 12.5. The van der Waals surface area contributed by atoms with Gasteiger partial charge in [0.05, 0.1) is 0 Å². The van der Waals surface area contributed by atoms with Crippen LogP contribution in [0.3, 0.4) is 0 Å². The van der Waals surface area contributed by atoms with E-state index >= 15 is 0 Å². The van der Waals surface area contributed by atoms with E-state index in [-0.39, 0.29) is 16.9 Å². The molecule has 0 aliphatic heterocycles. The van der Waals surface area contributed by atoms with Crippen molar-refractivity contribution in [1.82, 2.24) is 10.3 Å². The minimum absolute atomic E-state index is 0.173. The van der Waals surface area contributed by atoms with Gasteiger partial charge in [0.25, 0.3) is 5.91 Å². The molecule has 0 fully saturated rings. The van der Waals surface area contributed by atoms with Crippen molar-refractivity contribution >= 4 is 23.3 Å². The number of anilines is 1. The van der Waals surface area contributed by atoms with Crippen molar-refractivity contribution < 1.29 is 4.79 Å². The summed E-state index contributed by atoms with van der Waals surface area (Å²) >= 11 is 5.74. The second-order valence-corrected chi connectivity index (χ2v) is 4.92. The van der Waals surface area contributed by atoms with Crippen molar-refractivity contribution in [2.24, 2.45) is 11.8 Å². The van der Waals surface area contributed by atoms with Gasteiger partial charge in [0.15, 0.2) is 0 Å². The Kier molecular flexibility index (Phi) is 4.75. The quantitative estimate of drug-likeness (QED) is 0.812. The van der Waals surface area contributed by atoms with Crippen LogP contribution in [-0.2, 0) is 0 Å². The van der Waals surface area contributed by atoms with Gasteiger partial charge in [-0.3, -0.25) is 4.79 Å². The largest absolute Gasteiger partial charge is 0.384 e. The first-order chi connectivity index (χ1) is 7.90. The van der Waals surface area contributed by atoms with Gasteiger partial charge in [-0.05, 0) is 24.0 Å². The number of nitrogens with one attached hydrogen (secondary N) is 1. The maximum atomic E-state index is 11.8. The minimum Gasteiger partial charge on any atom is -0.384 e. The number of hydrogen-bond donors (Lipinski definition) is 2. The molecule has 1 rings (SSSR count). The Hall–Kier alpha value is -1.29. The molecule has 0 aliphatic rings. The summed E-state index contributed by atoms with van der Waals surface area (Å²) in [5.41, 5.74) is 5.97. The van der Waals surface area contributed by atoms with Crippen molar-refractivity contribution in [2.75, 3.05) is 12.3 Å². The Morgan fingerprint density at radius 1 is 1.47 bits per heavy atom. The lowest BCUT2D eigenvalue weighted by Crippen LogP contribution is -2.30. The number of nitrogen functional groups attached to an aromatic ring is 1. The van der Waals surface area contributed by atoms with Crippen molar-refractivity contribution in [2.45, 2.75) is 20.8 Å². The number of nitrogens with zero attached hydrogens (tertiary/aromatic N) is 1. The number of aromatic nitrogens is 1. The summed E-state index contributed by atoms with van der Waals surface area (Å²) in [4.78, 5) is 15.6. The van der Waals surface area contributed by atoms with Gasteiger partial charge in [0, 0.05) is 12.1 Å². The lowest BCUT2D eigenvalue weighted by Gasteiger charge is -2.16. The maximum Gasteiger partial charge on any atom is 0.251 e. The zero-order valence-corrected chi connectivity index (χ0v) is 11.1. The van der Waals surface area contributed by atoms with Crippen molar-refractivity contribution in [1.29, 1.82) is 0 Å². The Morgan fingerprint density at radius 2 is 2.12 bits per heavy atom. The predicted molar refractivity (Wildman–Crippen MR) is 70.0 cm³/mol. The molecule has 0 radical (unpaired) electrons. The molecule has 4 nitrogen and oxygen atoms in total. The van der Waals surface area contributed by atoms with E-state index in [2.05, 4.69) is 31.1 Å². The second-order valence-electron chi connectivity index (χ2n) is 4.53. The van der Waals surface area contributed by atoms with E-state index in [1.807, 2.05) is 0 Å². The van der Waals surface area contributed by atoms with Crippen LogP contribution in [0, 0.1) is 11.8 Å². The Morgan fingerprint density at radius 3 is 2.65 bits per heavy atom. The smallest absolute Gasteiger partial charge is 0.251 e. The number of amides is 1. The van der Waals surface area contributed by atoms with Crippen LogP contribution >= 0.6 is 11.6 Å². The molecule has 17 heavy (non-hydrogen) atoms. The van der Waals surface area contributed by atoms with Gasteiger partial charge in [-0.1, -0.05) is 32.4 Å². The SMILES string of the molecule is CC(C)C(C)CNC(=O)c1cc(N)nc(Cl)c1. The van der Waals surface area contributed by atoms with E-state index in [0.717, 1.165) is 0 Å². The summed E-state index contributed by atoms with van der Waals surface area (Å²) in [6, 6.07) is 3.02. The molecule has 1 unspecified atom stereocenters. The summed E-state index contributed by atoms with van der Waals surface area (Å²) in [6.07, 6.45) is 0. The van der Waals surface area contributed by atoms with Gasteiger partial charge < -0.3 is 11.1 Å². The average molecular weight is 256 g/mol. The number of pyridine rings is 1. The van der Waals surface area contributed by atoms with Crippen LogP contribution in [0.5, 0.6) is 0 Å². The highest BCUT2D eigenvalue weighted by Gasteiger charge is 2.11. The summed E-state index contributed by atoms with van der Waals surface area (Å²) in [5, 5.41) is 3.08. The number of rotatable bonds is 4. The van der Waals surface area contributed by atoms with Crippen molar-refractivity contribution in [3.05, 3.63) is 22.8 Å². The zero-order chi connectivity index (χ0) is 13.0. The monoisotopic (exact) mass is 255 g/mol. The Bertz CT molecular complexity index is 386. The van der Waals surface area contributed by atoms with Gasteiger partial charge >= 0.3 is 0 Å². The van der Waals surface area contributed by atoms with Crippen LogP contribution in [0.15, 0.2) is 12.1 Å². The highest BCUT2D eigenvalue weighted by Crippen LogP contribution is 2.13. The highest BCUT2D eigenvalue weighted by atomic mass is 35.5. The van der Waals surface area contributed by atoms with Crippen LogP contribution in [-0.4, -0.2) is 17.4 Å². The molecule has 1 amide bonds. The molecule has 0 aromatic carbocycles. The molecule has 0 saturated heterocycles. The van der Waals surface area contributed by atoms with E-state index in [0.29, 0.717) is 23.9 Å². The Labute approximate surface area is 107 Å². The molecule has 1 aromatic heterocycles. The molecule has 1 heterocycles. The first kappa shape index (κ1) is 13.8. The van der Waals surface area contributed by atoms with E-state index in [9.17, 15) is 4.79 Å². The minimum atomic E-state index is -0.173. The third-order valence-electron chi connectivity index (χ3n) is 2.80. The van der Waals surface area contributed by atoms with Crippen LogP contribution in [0.1, 0.15) is 31.1 Å². The van der Waals surface area contributed by atoms with Gasteiger partial charge in [-0.15, -0.1) is 0 Å². The van der Waals surface area contributed by atoms with E-state index in [1.165, 1.54) is 12.1 Å². The molecular formula is C12H18ClN3O. The third kappa shape index (κ3) is 4.23. The summed E-state index contributed by atoms with van der Waals surface area (Å²) in [6.45, 7) is 6.98. The van der Waals surface area contributed by atoms with Crippen LogP contribution in [0.4, 0.5) is 5.82 Å². The number of carbonyl (C=O) groups excluding carboxylic acids is 1. The fourth-order valence-electron chi connectivity index (χ4n) is 1.24. The molecule has 0 saturated carbocycles. The first-order valence-corrected chi connectivity index (χ1v) is 5.99. The molecule has 5 heteroatoms. The summed E-state index contributed by atoms with van der Waals surface area (Å²) in [7, 11) is 0. The van der Waals surface area contributed by atoms with E-state index < -0.39 is 0 Å². The molecule has 3 N–H and O–H groups in total. The van der Waals surface area contributed by atoms with Crippen molar-refractivity contribution in [3.8, 4) is 0 Å². The Balaban J connectivity index is 2.64. The topological polar surface area (TPSA) is 68.0 Å². The first-order valence-electron chi connectivity index (χ1n) is 5.61. The standard InChI is InChI=1S/C12H18ClN3O/c1-7(2)8(3)6-15-12(17)9-4-10(13)16-11(14)5-9/h4-5,7-8H,6H2,1-3H3,(H2,14,16)(H,15,17). The number of halogens is 1. The number of nitrogens with two attached hydrogens (primary N) is 1. The molecule has 0 aliphatic carbocycles. The average Bonchev–Trinajstić information content (AvgIpc) is 2.23. The van der Waals surface area contributed by atoms with Crippen LogP contribution in [0.25, 0.3) is 0 Å². The number of carbonyl (C=O) groups is 1. The van der Waals surface area contributed by atoms with Gasteiger partial charge in [-0.2, -0.15) is 0 Å². The summed E-state index contributed by atoms with van der Waals surface area (Å²) in [5.74, 6) is 1.03. The molecule has 1 aromatic rings. The lowest BCUT2D eigenvalue weighted by atomic mass is 9.98. The van der Waals surface area contributed by atoms with E-state index in [1.54, 1.807) is 0 Å². The predicted octanol–water partition coefficient (Wildman–Crippen LogP) is 2.34. The van der Waals surface area contributed by atoms with Gasteiger partial charge in [0.2, 0.25) is 0 Å². The van der Waals surface area contributed by atoms with Crippen LogP contribution in [0.2, 0.25) is 5.15 Å². The third-order valence-corrected chi connectivity index (χ3v) is 2.99. The van der Waals surface area contributed by atoms with E-state index in [4.69, 9.17) is 17.3 Å². The summed E-state index contributed by atoms with van der Waals surface area (Å²) < 4.78 is 0. The molecular weight excluding hydrogens is 238 g/mol. The second kappa shape index (κ2) is 5.87. The molecule has 1 atom stereocenters. The lowest BCUT2D eigenvalue weighted by molar-refractivity contribution is 0.0945. The highest BCUT2D eigenvalue weighted by molar-refractivity contribution is 6.29. The molecule has 0 bridgehead atoms. The molecule has 0 spiro atoms. The fourth-order valence-corrected chi connectivity index (χ4v) is 1.45. The number of hydrogen-bond acceptors (Lipinski definition) is 3. The zero-order valence-electron chi connectivity index (χ0n) is 10.3. The maximum absolute atomic E-state index is 11.8. The van der Waals surface area contributed by atoms with Crippen LogP contribution < -0.4 is 11.1 Å². The fraction of sp³-hybridized carbons (Fsp3) is 0.500.